The summed E-state index contributed by atoms with van der Waals surface area (Å²) in [7, 11) is 0. The van der Waals surface area contributed by atoms with E-state index in [4.69, 9.17) is 27.8 Å². The van der Waals surface area contributed by atoms with E-state index >= 15 is 0 Å². The minimum atomic E-state index is -3.83. The first-order valence-corrected chi connectivity index (χ1v) is 24.1. The summed E-state index contributed by atoms with van der Waals surface area (Å²) in [4.78, 5) is 10.1. The summed E-state index contributed by atoms with van der Waals surface area (Å²) in [6.45, 7) is 9.02. The lowest BCUT2D eigenvalue weighted by atomic mass is 9.68. The molecule has 0 amide bonds. The fourth-order valence-corrected chi connectivity index (χ4v) is 9.66. The molecule has 0 spiro atoms. The van der Waals surface area contributed by atoms with Crippen molar-refractivity contribution in [1.82, 2.24) is 14.5 Å². The van der Waals surface area contributed by atoms with Crippen LogP contribution in [-0.2, 0) is 21.7 Å². The summed E-state index contributed by atoms with van der Waals surface area (Å²) < 4.78 is 141. The van der Waals surface area contributed by atoms with Gasteiger partial charge in [0, 0.05) is 33.8 Å². The van der Waals surface area contributed by atoms with Gasteiger partial charge in [0.1, 0.15) is 11.6 Å². The van der Waals surface area contributed by atoms with Crippen molar-refractivity contribution >= 4 is 11.0 Å². The normalized spacial score (nSPS) is 16.7. The smallest absolute Gasteiger partial charge is 0.149 e. The summed E-state index contributed by atoms with van der Waals surface area (Å²) in [5.74, 6) is 0.290. The first-order valence-electron chi connectivity index (χ1n) is 32.1. The summed E-state index contributed by atoms with van der Waals surface area (Å²) in [6, 6.07) is 26.5. The molecular formula is C65H75N3O. The highest BCUT2D eigenvalue weighted by Crippen LogP contribution is 2.47. The van der Waals surface area contributed by atoms with Crippen LogP contribution in [0, 0.1) is 20.7 Å². The highest BCUT2D eigenvalue weighted by Gasteiger charge is 2.33. The topological polar surface area (TPSA) is 50.9 Å². The average molecular weight is 930 g/mol. The Hall–Kier alpha value is -6.26. The van der Waals surface area contributed by atoms with Crippen LogP contribution >= 0.6 is 0 Å². The molecule has 0 aliphatic heterocycles. The van der Waals surface area contributed by atoms with Gasteiger partial charge in [0.25, 0.3) is 0 Å². The van der Waals surface area contributed by atoms with E-state index in [2.05, 4.69) is 59.7 Å². The van der Waals surface area contributed by atoms with Crippen molar-refractivity contribution in [2.24, 2.45) is 0 Å². The number of hydrogen-bond acceptors (Lipinski definition) is 3. The minimum absolute atomic E-state index is 0.0170. The molecular weight excluding hydrogens is 839 g/mol. The van der Waals surface area contributed by atoms with Gasteiger partial charge in [-0.05, 0) is 183 Å². The molecule has 1 N–H and O–H groups in total. The second-order valence-corrected chi connectivity index (χ2v) is 20.4. The summed E-state index contributed by atoms with van der Waals surface area (Å²) in [6.07, 6.45) is 4.89. The van der Waals surface area contributed by atoms with E-state index in [0.717, 1.165) is 59.1 Å². The lowest BCUT2D eigenvalue weighted by Crippen LogP contribution is -2.25. The number of fused-ring (bicyclic) bond motifs is 1. The maximum absolute atomic E-state index is 12.0. The van der Waals surface area contributed by atoms with Gasteiger partial charge in [0.15, 0.2) is 0 Å². The van der Waals surface area contributed by atoms with E-state index in [1.165, 1.54) is 18.3 Å². The van der Waals surface area contributed by atoms with Crippen LogP contribution in [0.25, 0.3) is 72.7 Å². The van der Waals surface area contributed by atoms with Crippen LogP contribution in [0.4, 0.5) is 0 Å². The molecule has 0 radical (unpaired) electrons. The van der Waals surface area contributed by atoms with Gasteiger partial charge in [-0.3, -0.25) is 9.55 Å². The first-order chi connectivity index (χ1) is 39.3. The number of benzene rings is 6. The van der Waals surface area contributed by atoms with Crippen molar-refractivity contribution < 1.29 is 27.0 Å². The molecule has 0 atom stereocenters. The maximum atomic E-state index is 12.0. The molecule has 4 nitrogen and oxygen atoms in total. The van der Waals surface area contributed by atoms with Crippen molar-refractivity contribution in [3.05, 3.63) is 166 Å². The van der Waals surface area contributed by atoms with Crippen LogP contribution in [0.1, 0.15) is 169 Å². The van der Waals surface area contributed by atoms with Gasteiger partial charge >= 0.3 is 0 Å². The Balaban J connectivity index is 1.40. The van der Waals surface area contributed by atoms with E-state index < -0.39 is 68.0 Å². The largest absolute Gasteiger partial charge is 0.507 e. The molecule has 2 aromatic heterocycles. The van der Waals surface area contributed by atoms with Gasteiger partial charge in [-0.25, -0.2) is 4.98 Å². The molecule has 0 bridgehead atoms. The fraction of sp³-hybridized carbons (Fsp3) is 0.354. The van der Waals surface area contributed by atoms with Gasteiger partial charge in [-0.1, -0.05) is 156 Å². The number of pyridine rings is 1. The second kappa shape index (κ2) is 18.6. The van der Waals surface area contributed by atoms with Crippen LogP contribution in [0.5, 0.6) is 5.75 Å². The number of hydrogen-bond donors (Lipinski definition) is 1. The van der Waals surface area contributed by atoms with E-state index in [1.54, 1.807) is 6.92 Å². The maximum Gasteiger partial charge on any atom is 0.149 e. The third-order valence-corrected chi connectivity index (χ3v) is 14.8. The van der Waals surface area contributed by atoms with Crippen molar-refractivity contribution in [3.8, 4) is 67.5 Å². The number of aromatic nitrogens is 3. The summed E-state index contributed by atoms with van der Waals surface area (Å²) in [5.41, 5.74) is 4.32. The lowest BCUT2D eigenvalue weighted by Gasteiger charge is -2.36. The number of rotatable bonds is 12. The van der Waals surface area contributed by atoms with Crippen LogP contribution < -0.4 is 0 Å². The van der Waals surface area contributed by atoms with E-state index in [9.17, 15) is 9.22 Å². The van der Waals surface area contributed by atoms with Crippen LogP contribution in [0.3, 0.4) is 0 Å². The van der Waals surface area contributed by atoms with Crippen LogP contribution in [0.15, 0.2) is 127 Å². The molecule has 0 aliphatic carbocycles. The van der Waals surface area contributed by atoms with Crippen LogP contribution in [-0.4, -0.2) is 19.6 Å². The number of nitrogens with zero attached hydrogens (tertiary/aromatic N) is 3. The van der Waals surface area contributed by atoms with Gasteiger partial charge < -0.3 is 5.11 Å². The predicted molar refractivity (Wildman–Crippen MR) is 295 cm³/mol. The van der Waals surface area contributed by atoms with Gasteiger partial charge in [0.05, 0.1) is 33.5 Å². The number of phenols is 1. The number of para-hydroxylation sites is 1. The Labute approximate surface area is 436 Å². The lowest BCUT2D eigenvalue weighted by molar-refractivity contribution is 0.426. The first kappa shape index (κ1) is 32.5. The zero-order chi connectivity index (χ0) is 63.3. The molecule has 8 aromatic rings. The molecule has 4 heteroatoms. The van der Waals surface area contributed by atoms with Crippen molar-refractivity contribution in [2.45, 2.75) is 151 Å². The third kappa shape index (κ3) is 9.20. The Morgan fingerprint density at radius 2 is 1.25 bits per heavy atom. The summed E-state index contributed by atoms with van der Waals surface area (Å²) in [5, 5.41) is 12.0. The molecule has 0 unspecified atom stereocenters. The van der Waals surface area contributed by atoms with E-state index in [-0.39, 0.29) is 33.3 Å². The van der Waals surface area contributed by atoms with E-state index in [1.807, 2.05) is 99.0 Å². The fourth-order valence-electron chi connectivity index (χ4n) is 9.66. The highest BCUT2D eigenvalue weighted by molar-refractivity contribution is 5.97. The SMILES string of the molecule is [2H]c1c([2H])c(C(C([2H])([2H])[2H])(C([2H])([2H])[2H])C([2H])([2H])[2H])c([2H])c([2H])c1-c1ccnc(-c2cc(-c3cccc4c3nc(-c3cc(C)cc(C)c3O)n4-c3ccc(-c4c(C(C)(CC)CC)cccc4C(C)(CC)CC)cc3C([2H])([2H])[2H])cc(C(C)(C)C)c2)c1. The monoisotopic (exact) mass is 930 g/mol. The second-order valence-electron chi connectivity index (χ2n) is 20.4. The number of imidazole rings is 1. The Morgan fingerprint density at radius 3 is 1.87 bits per heavy atom. The molecule has 2 heterocycles. The molecule has 0 saturated carbocycles. The Kier molecular flexibility index (Phi) is 8.76. The van der Waals surface area contributed by atoms with Crippen LogP contribution in [0.2, 0.25) is 0 Å². The third-order valence-electron chi connectivity index (χ3n) is 14.8. The van der Waals surface area contributed by atoms with Gasteiger partial charge in [-0.2, -0.15) is 0 Å². The van der Waals surface area contributed by atoms with Gasteiger partial charge in [-0.15, -0.1) is 0 Å². The molecule has 8 rings (SSSR count). The quantitative estimate of drug-likeness (QED) is 0.133. The Morgan fingerprint density at radius 1 is 0.594 bits per heavy atom. The molecule has 6 aromatic carbocycles. The molecule has 69 heavy (non-hydrogen) atoms. The standard InChI is InChI=1S/C65H75N3O/c1-16-64(14,17-2)53-23-21-24-54(65(15,18-3)19-4)58(53)46-28-31-56(42(6)36-46)68-57-25-20-22-51(59(57)67-61(68)52-35-41(5)34-43(7)60(52)69)47-37-48(39-50(38-47)63(11,12)13)55-40-45(32-33-66-55)44-26-29-49(30-27-44)62(8,9)10/h20-40,69H,16-19H2,1-15H3/i6D3,8D3,9D3,10D3,26D,27D,29D,30D. The zero-order valence-corrected chi connectivity index (χ0v) is 41.9. The predicted octanol–water partition coefficient (Wildman–Crippen LogP) is 18.1. The number of aromatic hydroxyl groups is 1. The number of phenolic OH excluding ortho intramolecular Hbond substituents is 1. The highest BCUT2D eigenvalue weighted by atomic mass is 16.3. The Bertz CT molecular complexity index is 3790. The van der Waals surface area contributed by atoms with E-state index in [0.29, 0.717) is 56.1 Å². The zero-order valence-electron chi connectivity index (χ0n) is 57.9. The average Bonchev–Trinajstić information content (AvgIpc) is 1.03. The van der Waals surface area contributed by atoms with Gasteiger partial charge in [0.2, 0.25) is 0 Å². The van der Waals surface area contributed by atoms with Crippen molar-refractivity contribution in [2.75, 3.05) is 0 Å². The molecule has 0 aliphatic rings. The molecule has 0 fully saturated rings. The van der Waals surface area contributed by atoms with Crippen molar-refractivity contribution in [3.63, 3.8) is 0 Å². The molecule has 356 valence electrons. The molecule has 0 saturated heterocycles. The minimum Gasteiger partial charge on any atom is -0.507 e. The van der Waals surface area contributed by atoms with Crippen molar-refractivity contribution in [1.29, 1.82) is 0 Å². The summed E-state index contributed by atoms with van der Waals surface area (Å²) >= 11 is 0. The number of aryl methyl sites for hydroxylation is 3.